The molecular weight excluding hydrogens is 363 g/mol. The second-order valence-corrected chi connectivity index (χ2v) is 6.18. The molecule has 2 aromatic carbocycles. The Morgan fingerprint density at radius 1 is 1.20 bits per heavy atom. The number of amides is 2. The lowest BCUT2D eigenvalue weighted by Gasteiger charge is -2.02. The number of hydrogen-bond acceptors (Lipinski definition) is 3. The second-order valence-electron chi connectivity index (χ2n) is 5.36. The van der Waals surface area contributed by atoms with Crippen LogP contribution in [0.25, 0.3) is 0 Å². The van der Waals surface area contributed by atoms with Gasteiger partial charge < -0.3 is 5.32 Å². The molecule has 128 valence electrons. The molecule has 6 nitrogen and oxygen atoms in total. The maximum Gasteiger partial charge on any atom is 0.348 e. The normalized spacial score (nSPS) is 15.0. The van der Waals surface area contributed by atoms with Gasteiger partial charge in [0, 0.05) is 12.1 Å². The summed E-state index contributed by atoms with van der Waals surface area (Å²) >= 11 is 11.7. The highest BCUT2D eigenvalue weighted by Crippen LogP contribution is 2.25. The molecule has 0 radical (unpaired) electrons. The van der Waals surface area contributed by atoms with E-state index in [0.29, 0.717) is 28.8 Å². The van der Waals surface area contributed by atoms with Gasteiger partial charge in [0.2, 0.25) is 6.54 Å². The molecule has 25 heavy (non-hydrogen) atoms. The highest BCUT2D eigenvalue weighted by Gasteiger charge is 2.24. The lowest BCUT2D eigenvalue weighted by molar-refractivity contribution is -0.585. The minimum Gasteiger partial charge on any atom is -0.306 e. The lowest BCUT2D eigenvalue weighted by Crippen LogP contribution is -2.17. The molecule has 0 saturated carbocycles. The number of aliphatic imine (C=N–C) groups is 1. The van der Waals surface area contributed by atoms with Crippen LogP contribution in [0.1, 0.15) is 5.56 Å². The number of carbonyl (C=O) groups excluding carboxylic acids is 1. The molecule has 8 heteroatoms. The van der Waals surface area contributed by atoms with Crippen LogP contribution in [0, 0.1) is 0 Å². The topological polar surface area (TPSA) is 66.1 Å². The van der Waals surface area contributed by atoms with Gasteiger partial charge in [-0.2, -0.15) is 4.99 Å². The summed E-state index contributed by atoms with van der Waals surface area (Å²) in [6.07, 6.45) is 0.830. The fraction of sp³-hybridized carbons (Fsp3) is 0.176. The van der Waals surface area contributed by atoms with Crippen LogP contribution in [0.5, 0.6) is 0 Å². The Kier molecular flexibility index (Phi) is 5.63. The molecule has 0 aromatic heterocycles. The van der Waals surface area contributed by atoms with Crippen molar-refractivity contribution in [3.8, 4) is 0 Å². The van der Waals surface area contributed by atoms with Gasteiger partial charge in [0.25, 0.3) is 0 Å². The number of benzene rings is 2. The van der Waals surface area contributed by atoms with Crippen LogP contribution in [-0.2, 0) is 11.3 Å². The smallest absolute Gasteiger partial charge is 0.306 e. The van der Waals surface area contributed by atoms with Crippen molar-refractivity contribution in [2.24, 2.45) is 10.3 Å². The zero-order valence-electron chi connectivity index (χ0n) is 13.2. The Morgan fingerprint density at radius 2 is 2.00 bits per heavy atom. The Hall–Kier alpha value is -2.44. The Balaban J connectivity index is 1.51. The molecule has 0 fully saturated rings. The van der Waals surface area contributed by atoms with Crippen LogP contribution in [0.2, 0.25) is 10.0 Å². The largest absolute Gasteiger partial charge is 0.348 e. The third kappa shape index (κ3) is 5.01. The molecule has 0 spiro atoms. The van der Waals surface area contributed by atoms with Gasteiger partial charge in [0.1, 0.15) is 0 Å². The van der Waals surface area contributed by atoms with E-state index < -0.39 is 6.03 Å². The average Bonchev–Trinajstić information content (AvgIpc) is 3.04. The van der Waals surface area contributed by atoms with Crippen LogP contribution in [0.3, 0.4) is 0 Å². The van der Waals surface area contributed by atoms with E-state index >= 15 is 0 Å². The van der Waals surface area contributed by atoms with Crippen molar-refractivity contribution in [2.45, 2.75) is 6.42 Å². The van der Waals surface area contributed by atoms with Crippen molar-refractivity contribution >= 4 is 40.8 Å². The first kappa shape index (κ1) is 17.4. The fourth-order valence-electron chi connectivity index (χ4n) is 2.24. The Bertz CT molecular complexity index is 838. The number of anilines is 1. The van der Waals surface area contributed by atoms with Gasteiger partial charge in [-0.05, 0) is 23.8 Å². The SMILES string of the molecule is O=C(/N=C1\C[N+](CCc2ccccc2)=NO1)Nc1ccc(Cl)c(Cl)c1. The molecule has 0 saturated heterocycles. The molecule has 0 unspecified atom stereocenters. The van der Waals surface area contributed by atoms with Gasteiger partial charge in [-0.3, -0.25) is 4.84 Å². The van der Waals surface area contributed by atoms with Gasteiger partial charge in [0.15, 0.2) is 11.8 Å². The maximum atomic E-state index is 11.9. The van der Waals surface area contributed by atoms with Gasteiger partial charge in [-0.1, -0.05) is 58.2 Å². The molecule has 1 N–H and O–H groups in total. The number of rotatable bonds is 4. The third-order valence-electron chi connectivity index (χ3n) is 3.48. The zero-order valence-corrected chi connectivity index (χ0v) is 14.7. The number of nitrogens with zero attached hydrogens (tertiary/aromatic N) is 3. The molecule has 0 atom stereocenters. The summed E-state index contributed by atoms with van der Waals surface area (Å²) in [6, 6.07) is 14.3. The molecule has 1 heterocycles. The van der Waals surface area contributed by atoms with E-state index in [-0.39, 0.29) is 5.90 Å². The predicted octanol–water partition coefficient (Wildman–Crippen LogP) is 4.58. The zero-order chi connectivity index (χ0) is 17.6. The number of halogens is 2. The third-order valence-corrected chi connectivity index (χ3v) is 4.22. The van der Waals surface area contributed by atoms with Crippen molar-refractivity contribution in [3.63, 3.8) is 0 Å². The predicted molar refractivity (Wildman–Crippen MR) is 96.6 cm³/mol. The van der Waals surface area contributed by atoms with Crippen molar-refractivity contribution in [2.75, 3.05) is 18.4 Å². The van der Waals surface area contributed by atoms with Crippen molar-refractivity contribution in [1.82, 2.24) is 0 Å². The molecule has 2 aromatic rings. The maximum absolute atomic E-state index is 11.9. The van der Waals surface area contributed by atoms with Crippen molar-refractivity contribution < 1.29 is 14.3 Å². The quantitative estimate of drug-likeness (QED) is 0.792. The summed E-state index contributed by atoms with van der Waals surface area (Å²) in [7, 11) is 0. The van der Waals surface area contributed by atoms with Crippen LogP contribution in [-0.4, -0.2) is 29.7 Å². The van der Waals surface area contributed by atoms with E-state index in [1.807, 2.05) is 18.2 Å². The van der Waals surface area contributed by atoms with Crippen LogP contribution < -0.4 is 5.32 Å². The standard InChI is InChI=1S/C17H14Cl2N4O2/c18-14-7-6-13(10-15(14)19)20-17(24)21-16-11-23(22-25-16)9-8-12-4-2-1-3-5-12/h1-7,10H,8-9,11H2/p+1/b21-16+. The van der Waals surface area contributed by atoms with Crippen LogP contribution in [0.15, 0.2) is 58.8 Å². The number of hydrogen-bond donors (Lipinski definition) is 1. The fourth-order valence-corrected chi connectivity index (χ4v) is 2.53. The highest BCUT2D eigenvalue weighted by molar-refractivity contribution is 6.42. The van der Waals surface area contributed by atoms with Gasteiger partial charge >= 0.3 is 11.9 Å². The van der Waals surface area contributed by atoms with Gasteiger partial charge in [0.05, 0.1) is 10.0 Å². The van der Waals surface area contributed by atoms with E-state index in [1.165, 1.54) is 5.56 Å². The molecule has 1 aliphatic rings. The molecule has 2 amide bonds. The van der Waals surface area contributed by atoms with Gasteiger partial charge in [-0.25, -0.2) is 4.79 Å². The Labute approximate surface area is 154 Å². The summed E-state index contributed by atoms with van der Waals surface area (Å²) in [5, 5.41) is 7.27. The number of nitrogens with one attached hydrogen (secondary N) is 1. The van der Waals surface area contributed by atoms with E-state index in [2.05, 4.69) is 27.7 Å². The first-order valence-corrected chi connectivity index (χ1v) is 8.36. The summed E-state index contributed by atoms with van der Waals surface area (Å²) in [5.74, 6) is 0.241. The van der Waals surface area contributed by atoms with Crippen molar-refractivity contribution in [3.05, 3.63) is 64.1 Å². The monoisotopic (exact) mass is 377 g/mol. The van der Waals surface area contributed by atoms with Crippen LogP contribution in [0.4, 0.5) is 10.5 Å². The summed E-state index contributed by atoms with van der Waals surface area (Å²) in [5.41, 5.74) is 1.71. The molecule has 0 aliphatic carbocycles. The first-order valence-electron chi connectivity index (χ1n) is 7.60. The minimum absolute atomic E-state index is 0.241. The molecular formula is C17H15Cl2N4O2+. The molecule has 0 bridgehead atoms. The second kappa shape index (κ2) is 8.09. The van der Waals surface area contributed by atoms with Crippen LogP contribution >= 0.6 is 23.2 Å². The molecule has 1 aliphatic heterocycles. The summed E-state index contributed by atoms with van der Waals surface area (Å²) in [6.45, 7) is 1.03. The highest BCUT2D eigenvalue weighted by atomic mass is 35.5. The first-order chi connectivity index (χ1) is 12.1. The summed E-state index contributed by atoms with van der Waals surface area (Å²) < 4.78 is 1.72. The molecule has 3 rings (SSSR count). The number of urea groups is 1. The minimum atomic E-state index is -0.562. The van der Waals surface area contributed by atoms with E-state index in [1.54, 1.807) is 22.9 Å². The number of carbonyl (C=O) groups is 1. The van der Waals surface area contributed by atoms with Gasteiger partial charge in [-0.15, -0.1) is 0 Å². The Morgan fingerprint density at radius 3 is 2.76 bits per heavy atom. The van der Waals surface area contributed by atoms with Crippen molar-refractivity contribution in [1.29, 1.82) is 0 Å². The van der Waals surface area contributed by atoms with E-state index in [4.69, 9.17) is 28.0 Å². The van der Waals surface area contributed by atoms with E-state index in [0.717, 1.165) is 6.42 Å². The lowest BCUT2D eigenvalue weighted by atomic mass is 10.1. The summed E-state index contributed by atoms with van der Waals surface area (Å²) in [4.78, 5) is 20.9. The van der Waals surface area contributed by atoms with E-state index in [9.17, 15) is 4.79 Å². The average molecular weight is 378 g/mol.